The summed E-state index contributed by atoms with van der Waals surface area (Å²) in [6.45, 7) is 0. The van der Waals surface area contributed by atoms with E-state index in [4.69, 9.17) is 0 Å². The monoisotopic (exact) mass is 316 g/mol. The molecule has 0 unspecified atom stereocenters. The van der Waals surface area contributed by atoms with E-state index in [9.17, 15) is 10.4 Å². The van der Waals surface area contributed by atoms with Crippen LogP contribution in [0.5, 0.6) is 0 Å². The number of benzene rings is 1. The van der Waals surface area contributed by atoms with Crippen molar-refractivity contribution in [2.75, 3.05) is 0 Å². The Kier molecular flexibility index (Phi) is 4.68. The summed E-state index contributed by atoms with van der Waals surface area (Å²) in [6, 6.07) is 15.2. The summed E-state index contributed by atoms with van der Waals surface area (Å²) in [7, 11) is 0. The van der Waals surface area contributed by atoms with E-state index in [1.807, 2.05) is 48.6 Å². The summed E-state index contributed by atoms with van der Waals surface area (Å²) in [6.07, 6.45) is 13.8. The van der Waals surface area contributed by atoms with Gasteiger partial charge in [0.15, 0.2) is 24.8 Å². The molecule has 2 aromatic heterocycles. The standard InChI is InChI=1S/C20H16N2O2/c23-21-13-9-19(10-14-21)7-5-17-1-2-18(4-3-17)6-8-20-11-15-22(24)16-12-20/h1-16H/b7-5+,8-6+. The molecule has 4 heteroatoms. The largest absolute Gasteiger partial charge is 0.619 e. The Labute approximate surface area is 140 Å². The van der Waals surface area contributed by atoms with Gasteiger partial charge in [-0.1, -0.05) is 48.6 Å². The lowest BCUT2D eigenvalue weighted by Crippen LogP contribution is -2.23. The highest BCUT2D eigenvalue weighted by Gasteiger charge is 1.93. The third-order valence-corrected chi connectivity index (χ3v) is 3.53. The van der Waals surface area contributed by atoms with Crippen LogP contribution >= 0.6 is 0 Å². The van der Waals surface area contributed by atoms with Gasteiger partial charge in [-0.25, -0.2) is 0 Å². The van der Waals surface area contributed by atoms with E-state index in [2.05, 4.69) is 0 Å². The molecule has 0 N–H and O–H groups in total. The molecule has 3 rings (SSSR count). The summed E-state index contributed by atoms with van der Waals surface area (Å²) in [5, 5.41) is 22.0. The SMILES string of the molecule is [O-][n+]1ccc(/C=C/c2ccc(/C=C/c3cc[n+]([O-])cc3)cc2)cc1. The quantitative estimate of drug-likeness (QED) is 0.548. The normalized spacial score (nSPS) is 11.3. The van der Waals surface area contributed by atoms with Gasteiger partial charge in [0.25, 0.3) is 0 Å². The molecule has 0 saturated carbocycles. The fourth-order valence-corrected chi connectivity index (χ4v) is 2.17. The second-order valence-corrected chi connectivity index (χ2v) is 5.32. The van der Waals surface area contributed by atoms with Crippen molar-refractivity contribution in [1.29, 1.82) is 0 Å². The Balaban J connectivity index is 1.66. The van der Waals surface area contributed by atoms with Crippen LogP contribution in [0.1, 0.15) is 22.3 Å². The summed E-state index contributed by atoms with van der Waals surface area (Å²) in [5.41, 5.74) is 4.12. The zero-order valence-electron chi connectivity index (χ0n) is 12.9. The molecule has 0 aliphatic rings. The first-order chi connectivity index (χ1) is 11.7. The van der Waals surface area contributed by atoms with Gasteiger partial charge in [0, 0.05) is 24.3 Å². The molecule has 0 fully saturated rings. The number of pyridine rings is 2. The third-order valence-electron chi connectivity index (χ3n) is 3.53. The van der Waals surface area contributed by atoms with Gasteiger partial charge in [-0.2, -0.15) is 9.46 Å². The van der Waals surface area contributed by atoms with E-state index in [0.29, 0.717) is 0 Å². The van der Waals surface area contributed by atoms with Crippen LogP contribution in [0.15, 0.2) is 73.3 Å². The van der Waals surface area contributed by atoms with E-state index in [1.54, 1.807) is 24.3 Å². The summed E-state index contributed by atoms with van der Waals surface area (Å²) < 4.78 is 1.53. The van der Waals surface area contributed by atoms with Crippen LogP contribution in [0.4, 0.5) is 0 Å². The number of aromatic nitrogens is 2. The Morgan fingerprint density at radius 3 is 1.00 bits per heavy atom. The van der Waals surface area contributed by atoms with Crippen LogP contribution in [-0.4, -0.2) is 0 Å². The predicted molar refractivity (Wildman–Crippen MR) is 95.1 cm³/mol. The van der Waals surface area contributed by atoms with Crippen LogP contribution in [0.3, 0.4) is 0 Å². The Morgan fingerprint density at radius 2 is 0.708 bits per heavy atom. The molecule has 0 aliphatic carbocycles. The molecule has 0 bridgehead atoms. The van der Waals surface area contributed by atoms with Crippen LogP contribution in [0.2, 0.25) is 0 Å². The molecule has 1 aromatic carbocycles. The molecule has 0 aliphatic heterocycles. The topological polar surface area (TPSA) is 53.9 Å². The molecule has 0 radical (unpaired) electrons. The minimum absolute atomic E-state index is 0.766. The van der Waals surface area contributed by atoms with E-state index >= 15 is 0 Å². The molecule has 118 valence electrons. The maximum atomic E-state index is 11.0. The van der Waals surface area contributed by atoms with Crippen LogP contribution in [0.25, 0.3) is 24.3 Å². The van der Waals surface area contributed by atoms with E-state index in [0.717, 1.165) is 31.7 Å². The highest BCUT2D eigenvalue weighted by atomic mass is 16.5. The van der Waals surface area contributed by atoms with Gasteiger partial charge in [-0.05, 0) is 22.3 Å². The lowest BCUT2D eigenvalue weighted by Gasteiger charge is -1.98. The maximum absolute atomic E-state index is 11.0. The average Bonchev–Trinajstić information content (AvgIpc) is 2.62. The Bertz CT molecular complexity index is 775. The van der Waals surface area contributed by atoms with Crippen molar-refractivity contribution < 1.29 is 9.46 Å². The highest BCUT2D eigenvalue weighted by Crippen LogP contribution is 2.11. The minimum Gasteiger partial charge on any atom is -0.619 e. The van der Waals surface area contributed by atoms with Gasteiger partial charge < -0.3 is 10.4 Å². The van der Waals surface area contributed by atoms with E-state index in [-0.39, 0.29) is 0 Å². The van der Waals surface area contributed by atoms with Crippen molar-refractivity contribution >= 4 is 24.3 Å². The fraction of sp³-hybridized carbons (Fsp3) is 0. The lowest BCUT2D eigenvalue weighted by atomic mass is 10.1. The number of nitrogens with zero attached hydrogens (tertiary/aromatic N) is 2. The van der Waals surface area contributed by atoms with Crippen molar-refractivity contribution in [2.24, 2.45) is 0 Å². The first-order valence-corrected chi connectivity index (χ1v) is 7.53. The second kappa shape index (κ2) is 7.24. The highest BCUT2D eigenvalue weighted by molar-refractivity contribution is 5.72. The summed E-state index contributed by atoms with van der Waals surface area (Å²) >= 11 is 0. The summed E-state index contributed by atoms with van der Waals surface area (Å²) in [4.78, 5) is 0. The zero-order chi connectivity index (χ0) is 16.8. The van der Waals surface area contributed by atoms with Gasteiger partial charge in [0.2, 0.25) is 0 Å². The molecular weight excluding hydrogens is 300 g/mol. The third kappa shape index (κ3) is 4.30. The van der Waals surface area contributed by atoms with Crippen molar-refractivity contribution in [3.05, 3.63) is 106 Å². The predicted octanol–water partition coefficient (Wildman–Crippen LogP) is 3.29. The van der Waals surface area contributed by atoms with Crippen molar-refractivity contribution in [1.82, 2.24) is 0 Å². The Hall–Kier alpha value is -3.40. The fourth-order valence-electron chi connectivity index (χ4n) is 2.17. The average molecular weight is 316 g/mol. The Morgan fingerprint density at radius 1 is 0.458 bits per heavy atom. The van der Waals surface area contributed by atoms with Crippen molar-refractivity contribution in [3.8, 4) is 0 Å². The zero-order valence-corrected chi connectivity index (χ0v) is 12.9. The van der Waals surface area contributed by atoms with Crippen LogP contribution in [0, 0.1) is 10.4 Å². The molecular formula is C20H16N2O2. The molecule has 24 heavy (non-hydrogen) atoms. The maximum Gasteiger partial charge on any atom is 0.180 e. The van der Waals surface area contributed by atoms with Crippen LogP contribution in [-0.2, 0) is 0 Å². The van der Waals surface area contributed by atoms with Gasteiger partial charge in [-0.15, -0.1) is 0 Å². The number of hydrogen-bond donors (Lipinski definition) is 0. The number of rotatable bonds is 4. The van der Waals surface area contributed by atoms with Gasteiger partial charge in [0.1, 0.15) is 0 Å². The molecule has 0 atom stereocenters. The van der Waals surface area contributed by atoms with Crippen LogP contribution < -0.4 is 9.46 Å². The molecule has 4 nitrogen and oxygen atoms in total. The van der Waals surface area contributed by atoms with Crippen molar-refractivity contribution in [2.45, 2.75) is 0 Å². The van der Waals surface area contributed by atoms with Gasteiger partial charge in [0.05, 0.1) is 0 Å². The van der Waals surface area contributed by atoms with Crippen molar-refractivity contribution in [3.63, 3.8) is 0 Å². The second-order valence-electron chi connectivity index (χ2n) is 5.32. The molecule has 0 spiro atoms. The molecule has 2 heterocycles. The first kappa shape index (κ1) is 15.5. The lowest BCUT2D eigenvalue weighted by molar-refractivity contribution is -0.605. The smallest absolute Gasteiger partial charge is 0.180 e. The molecule has 0 amide bonds. The summed E-state index contributed by atoms with van der Waals surface area (Å²) in [5.74, 6) is 0. The van der Waals surface area contributed by atoms with E-state index in [1.165, 1.54) is 24.8 Å². The van der Waals surface area contributed by atoms with E-state index < -0.39 is 0 Å². The molecule has 0 saturated heterocycles. The number of hydrogen-bond acceptors (Lipinski definition) is 2. The molecule has 3 aromatic rings. The minimum atomic E-state index is 0.766. The van der Waals surface area contributed by atoms with Gasteiger partial charge >= 0.3 is 0 Å². The van der Waals surface area contributed by atoms with Gasteiger partial charge in [-0.3, -0.25) is 0 Å². The first-order valence-electron chi connectivity index (χ1n) is 7.53.